The van der Waals surface area contributed by atoms with Crippen LogP contribution in [-0.2, 0) is 16.1 Å². The second kappa shape index (κ2) is 12.5. The number of halogens is 4. The minimum absolute atomic E-state index is 0.0000267. The molecule has 2 heterocycles. The number of carbonyl (C=O) groups excluding carboxylic acids is 2. The largest absolute Gasteiger partial charge is 0.449 e. The number of hydrogen-bond donors (Lipinski definition) is 2. The molecule has 4 rings (SSSR count). The second-order valence-electron chi connectivity index (χ2n) is 9.18. The molecule has 0 saturated heterocycles. The fourth-order valence-corrected chi connectivity index (χ4v) is 3.81. The fourth-order valence-electron chi connectivity index (χ4n) is 3.81. The topological polar surface area (TPSA) is 109 Å². The van der Waals surface area contributed by atoms with Crippen LogP contribution in [0.3, 0.4) is 0 Å². The highest BCUT2D eigenvalue weighted by atomic mass is 19.1. The van der Waals surface area contributed by atoms with Crippen LogP contribution in [0.2, 0.25) is 0 Å². The summed E-state index contributed by atoms with van der Waals surface area (Å²) in [6.07, 6.45) is 5.56. The van der Waals surface area contributed by atoms with Crippen LogP contribution in [0.15, 0.2) is 59.5 Å². The SMILES string of the molecule is CN(C)C(=O)/C=C/CCCC(=O)Nc1cccn(Cc2nc3c(Oc4ccc(F)cc4F)c(F)cc(F)c3[nH]2)c1=O. The maximum Gasteiger partial charge on any atom is 0.274 e. The zero-order valence-electron chi connectivity index (χ0n) is 22.0. The molecule has 0 spiro atoms. The molecule has 13 heteroatoms. The van der Waals surface area contributed by atoms with Crippen LogP contribution in [0.1, 0.15) is 25.1 Å². The van der Waals surface area contributed by atoms with Crippen LogP contribution in [0.25, 0.3) is 11.0 Å². The van der Waals surface area contributed by atoms with Crippen LogP contribution in [-0.4, -0.2) is 45.3 Å². The van der Waals surface area contributed by atoms with Crippen molar-refractivity contribution in [3.05, 3.63) is 94.2 Å². The number of anilines is 1. The zero-order chi connectivity index (χ0) is 29.7. The van der Waals surface area contributed by atoms with Gasteiger partial charge in [-0.15, -0.1) is 0 Å². The number of hydrogen-bond acceptors (Lipinski definition) is 5. The predicted octanol–water partition coefficient (Wildman–Crippen LogP) is 4.87. The number of nitrogens with zero attached hydrogens (tertiary/aromatic N) is 3. The minimum atomic E-state index is -1.17. The normalized spacial score (nSPS) is 11.3. The summed E-state index contributed by atoms with van der Waals surface area (Å²) >= 11 is 0. The summed E-state index contributed by atoms with van der Waals surface area (Å²) < 4.78 is 63.0. The smallest absolute Gasteiger partial charge is 0.274 e. The van der Waals surface area contributed by atoms with Gasteiger partial charge in [0.05, 0.1) is 6.54 Å². The molecular formula is C28H25F4N5O4. The molecule has 2 N–H and O–H groups in total. The van der Waals surface area contributed by atoms with E-state index in [4.69, 9.17) is 4.74 Å². The van der Waals surface area contributed by atoms with E-state index in [1.54, 1.807) is 20.2 Å². The quantitative estimate of drug-likeness (QED) is 0.160. The molecular weight excluding hydrogens is 546 g/mol. The van der Waals surface area contributed by atoms with Crippen LogP contribution < -0.4 is 15.6 Å². The third kappa shape index (κ3) is 6.99. The van der Waals surface area contributed by atoms with E-state index in [2.05, 4.69) is 15.3 Å². The molecule has 0 aliphatic rings. The lowest BCUT2D eigenvalue weighted by molar-refractivity contribution is -0.123. The predicted molar refractivity (Wildman–Crippen MR) is 143 cm³/mol. The molecule has 0 unspecified atom stereocenters. The molecule has 2 aromatic heterocycles. The molecule has 41 heavy (non-hydrogen) atoms. The van der Waals surface area contributed by atoms with Gasteiger partial charge in [0, 0.05) is 38.8 Å². The van der Waals surface area contributed by atoms with Gasteiger partial charge in [-0.1, -0.05) is 6.08 Å². The van der Waals surface area contributed by atoms with Gasteiger partial charge >= 0.3 is 0 Å². The van der Waals surface area contributed by atoms with Crippen molar-refractivity contribution < 1.29 is 31.9 Å². The lowest BCUT2D eigenvalue weighted by Gasteiger charge is -2.09. The summed E-state index contributed by atoms with van der Waals surface area (Å²) in [5.41, 5.74) is -1.13. The Morgan fingerprint density at radius 2 is 1.88 bits per heavy atom. The van der Waals surface area contributed by atoms with Crippen molar-refractivity contribution in [1.82, 2.24) is 19.4 Å². The van der Waals surface area contributed by atoms with E-state index in [-0.39, 0.29) is 41.4 Å². The van der Waals surface area contributed by atoms with Gasteiger partial charge in [-0.05, 0) is 43.2 Å². The third-order valence-electron chi connectivity index (χ3n) is 5.87. The third-order valence-corrected chi connectivity index (χ3v) is 5.87. The van der Waals surface area contributed by atoms with Gasteiger partial charge in [0.2, 0.25) is 11.8 Å². The van der Waals surface area contributed by atoms with Crippen molar-refractivity contribution in [2.45, 2.75) is 25.8 Å². The number of benzene rings is 2. The van der Waals surface area contributed by atoms with Gasteiger partial charge in [-0.3, -0.25) is 14.4 Å². The maximum absolute atomic E-state index is 14.6. The molecule has 4 aromatic rings. The van der Waals surface area contributed by atoms with Crippen molar-refractivity contribution in [3.8, 4) is 11.5 Å². The van der Waals surface area contributed by atoms with E-state index in [0.717, 1.165) is 12.1 Å². The number of nitrogens with one attached hydrogen (secondary N) is 2. The minimum Gasteiger partial charge on any atom is -0.449 e. The van der Waals surface area contributed by atoms with E-state index < -0.39 is 46.2 Å². The van der Waals surface area contributed by atoms with Crippen LogP contribution in [0, 0.1) is 23.3 Å². The summed E-state index contributed by atoms with van der Waals surface area (Å²) in [5.74, 6) is -5.75. The first-order valence-corrected chi connectivity index (χ1v) is 12.4. The van der Waals surface area contributed by atoms with Gasteiger partial charge in [0.15, 0.2) is 29.0 Å². The molecule has 0 atom stereocenters. The van der Waals surface area contributed by atoms with Crippen LogP contribution >= 0.6 is 0 Å². The average Bonchev–Trinajstić information content (AvgIpc) is 3.34. The Morgan fingerprint density at radius 1 is 1.10 bits per heavy atom. The number of fused-ring (bicyclic) bond motifs is 1. The van der Waals surface area contributed by atoms with E-state index in [1.165, 1.54) is 33.9 Å². The van der Waals surface area contributed by atoms with E-state index in [9.17, 15) is 31.9 Å². The Hall–Kier alpha value is -4.94. The first-order chi connectivity index (χ1) is 19.5. The highest BCUT2D eigenvalue weighted by Gasteiger charge is 2.21. The number of H-pyrrole nitrogens is 1. The number of imidazole rings is 1. The number of likely N-dealkylation sites (N-methyl/N-ethyl adjacent to an activating group) is 1. The lowest BCUT2D eigenvalue weighted by Crippen LogP contribution is -2.26. The Labute approximate surface area is 231 Å². The van der Waals surface area contributed by atoms with Gasteiger partial charge in [-0.2, -0.15) is 0 Å². The highest BCUT2D eigenvalue weighted by molar-refractivity contribution is 5.90. The summed E-state index contributed by atoms with van der Waals surface area (Å²) in [4.78, 5) is 45.1. The molecule has 9 nitrogen and oxygen atoms in total. The molecule has 0 bridgehead atoms. The van der Waals surface area contributed by atoms with Crippen molar-refractivity contribution >= 4 is 28.5 Å². The Morgan fingerprint density at radius 3 is 2.61 bits per heavy atom. The van der Waals surface area contributed by atoms with Gasteiger partial charge in [0.25, 0.3) is 5.56 Å². The van der Waals surface area contributed by atoms with Crippen molar-refractivity contribution in [3.63, 3.8) is 0 Å². The molecule has 2 aromatic carbocycles. The number of allylic oxidation sites excluding steroid dienone is 1. The molecule has 0 saturated carbocycles. The zero-order valence-corrected chi connectivity index (χ0v) is 22.0. The Kier molecular flexibility index (Phi) is 8.85. The number of rotatable bonds is 10. The van der Waals surface area contributed by atoms with Crippen molar-refractivity contribution in [2.24, 2.45) is 0 Å². The number of aromatic nitrogens is 3. The molecule has 0 fully saturated rings. The number of amides is 2. The summed E-state index contributed by atoms with van der Waals surface area (Å²) in [5, 5.41) is 2.55. The highest BCUT2D eigenvalue weighted by Crippen LogP contribution is 2.34. The number of aromatic amines is 1. The maximum atomic E-state index is 14.6. The van der Waals surface area contributed by atoms with E-state index in [0.29, 0.717) is 25.0 Å². The molecule has 2 amide bonds. The number of ether oxygens (including phenoxy) is 1. The van der Waals surface area contributed by atoms with Gasteiger partial charge in [0.1, 0.15) is 28.4 Å². The Balaban J connectivity index is 1.49. The van der Waals surface area contributed by atoms with E-state index in [1.807, 2.05) is 0 Å². The number of pyridine rings is 1. The van der Waals surface area contributed by atoms with Crippen LogP contribution in [0.5, 0.6) is 11.5 Å². The second-order valence-corrected chi connectivity index (χ2v) is 9.18. The summed E-state index contributed by atoms with van der Waals surface area (Å²) in [6, 6.07) is 5.88. The average molecular weight is 572 g/mol. The van der Waals surface area contributed by atoms with Gasteiger partial charge < -0.3 is 24.5 Å². The Bertz CT molecular complexity index is 1700. The summed E-state index contributed by atoms with van der Waals surface area (Å²) in [7, 11) is 3.26. The first kappa shape index (κ1) is 29.1. The van der Waals surface area contributed by atoms with Gasteiger partial charge in [-0.25, -0.2) is 22.5 Å². The molecule has 0 radical (unpaired) electrons. The van der Waals surface area contributed by atoms with Crippen LogP contribution in [0.4, 0.5) is 23.2 Å². The standard InChI is InChI=1S/C28H25F4N5O4/c1-36(2)24(39)9-5-3-4-8-23(38)33-20-7-6-12-37(28(20)40)15-22-34-25-18(31)14-19(32)27(26(25)35-22)41-21-11-10-16(29)13-17(21)30/h5-7,9-14H,3-4,8,15H2,1-2H3,(H,33,38)(H,34,35)/b9-5+. The molecule has 214 valence electrons. The molecule has 0 aliphatic carbocycles. The van der Waals surface area contributed by atoms with Crippen molar-refractivity contribution in [2.75, 3.05) is 19.4 Å². The molecule has 0 aliphatic heterocycles. The van der Waals surface area contributed by atoms with E-state index >= 15 is 0 Å². The summed E-state index contributed by atoms with van der Waals surface area (Å²) in [6.45, 7) is -0.215. The first-order valence-electron chi connectivity index (χ1n) is 12.4. The monoisotopic (exact) mass is 571 g/mol. The number of unbranched alkanes of at least 4 members (excludes halogenated alkanes) is 1. The van der Waals surface area contributed by atoms with Crippen molar-refractivity contribution in [1.29, 1.82) is 0 Å². The fraction of sp³-hybridized carbons (Fsp3) is 0.214. The number of carbonyl (C=O) groups is 2. The lowest BCUT2D eigenvalue weighted by atomic mass is 10.2.